The number of hydrogen-bond donors (Lipinski definition) is 2. The Hall–Kier alpha value is -4.59. The zero-order valence-corrected chi connectivity index (χ0v) is 20.1. The second-order valence-electron chi connectivity index (χ2n) is 8.31. The lowest BCUT2D eigenvalue weighted by Crippen LogP contribution is -2.45. The van der Waals surface area contributed by atoms with Crippen LogP contribution in [0.2, 0.25) is 0 Å². The molecule has 4 rings (SSSR count). The van der Waals surface area contributed by atoms with Gasteiger partial charge in [-0.15, -0.1) is 0 Å². The van der Waals surface area contributed by atoms with E-state index in [0.717, 1.165) is 0 Å². The Bertz CT molecular complexity index is 1300. The van der Waals surface area contributed by atoms with Crippen LogP contribution < -0.4 is 20.1 Å². The highest BCUT2D eigenvalue weighted by Crippen LogP contribution is 2.37. The molecule has 1 heterocycles. The highest BCUT2D eigenvalue weighted by Gasteiger charge is 2.35. The fourth-order valence-electron chi connectivity index (χ4n) is 3.83. The van der Waals surface area contributed by atoms with E-state index in [1.807, 2.05) is 18.2 Å². The van der Waals surface area contributed by atoms with E-state index < -0.39 is 24.0 Å². The lowest BCUT2D eigenvalue weighted by Gasteiger charge is -2.30. The number of amides is 2. The SMILES string of the molecule is COc1cc(C2NC(=O)NC(c3ccccc3)=C2C(=O)OC(C)C)ccc1OC(=O)c1ccccc1. The van der Waals surface area contributed by atoms with Crippen molar-refractivity contribution in [3.05, 3.63) is 101 Å². The zero-order chi connectivity index (χ0) is 25.7. The summed E-state index contributed by atoms with van der Waals surface area (Å²) in [6.45, 7) is 3.51. The predicted octanol–water partition coefficient (Wildman–Crippen LogP) is 4.63. The Morgan fingerprint density at radius 2 is 1.53 bits per heavy atom. The Kier molecular flexibility index (Phi) is 7.34. The lowest BCUT2D eigenvalue weighted by atomic mass is 9.92. The molecule has 8 nitrogen and oxygen atoms in total. The number of carbonyl (C=O) groups excluding carboxylic acids is 3. The molecule has 1 unspecified atom stereocenters. The summed E-state index contributed by atoms with van der Waals surface area (Å²) in [5.41, 5.74) is 2.20. The van der Waals surface area contributed by atoms with Crippen LogP contribution in [-0.4, -0.2) is 31.2 Å². The minimum atomic E-state index is -0.840. The first-order valence-corrected chi connectivity index (χ1v) is 11.4. The number of nitrogens with one attached hydrogen (secondary N) is 2. The minimum Gasteiger partial charge on any atom is -0.493 e. The van der Waals surface area contributed by atoms with Crippen LogP contribution in [0.3, 0.4) is 0 Å². The highest BCUT2D eigenvalue weighted by atomic mass is 16.6. The molecular weight excluding hydrogens is 460 g/mol. The number of benzene rings is 3. The molecule has 1 aliphatic rings. The van der Waals surface area contributed by atoms with Crippen molar-refractivity contribution in [2.24, 2.45) is 0 Å². The van der Waals surface area contributed by atoms with Crippen molar-refractivity contribution in [2.45, 2.75) is 26.0 Å². The van der Waals surface area contributed by atoms with Crippen LogP contribution in [0.4, 0.5) is 4.79 Å². The van der Waals surface area contributed by atoms with Crippen molar-refractivity contribution < 1.29 is 28.6 Å². The molecule has 0 bridgehead atoms. The maximum Gasteiger partial charge on any atom is 0.343 e. The summed E-state index contributed by atoms with van der Waals surface area (Å²) >= 11 is 0. The molecule has 8 heteroatoms. The van der Waals surface area contributed by atoms with E-state index >= 15 is 0 Å². The molecule has 36 heavy (non-hydrogen) atoms. The van der Waals surface area contributed by atoms with Gasteiger partial charge in [-0.3, -0.25) is 0 Å². The molecular formula is C28H26N2O6. The van der Waals surface area contributed by atoms with Gasteiger partial charge in [0.25, 0.3) is 0 Å². The molecule has 3 aromatic rings. The average molecular weight is 487 g/mol. The smallest absolute Gasteiger partial charge is 0.343 e. The molecule has 0 aliphatic carbocycles. The predicted molar refractivity (Wildman–Crippen MR) is 133 cm³/mol. The summed E-state index contributed by atoms with van der Waals surface area (Å²) in [7, 11) is 1.44. The quantitative estimate of drug-likeness (QED) is 0.373. The van der Waals surface area contributed by atoms with Crippen LogP contribution >= 0.6 is 0 Å². The van der Waals surface area contributed by atoms with Crippen LogP contribution in [0, 0.1) is 0 Å². The van der Waals surface area contributed by atoms with Crippen LogP contribution in [0.15, 0.2) is 84.4 Å². The van der Waals surface area contributed by atoms with Gasteiger partial charge in [-0.2, -0.15) is 0 Å². The van der Waals surface area contributed by atoms with Gasteiger partial charge in [0.05, 0.1) is 36.1 Å². The Labute approximate surface area is 208 Å². The number of methoxy groups -OCH3 is 1. The summed E-state index contributed by atoms with van der Waals surface area (Å²) in [4.78, 5) is 38.4. The Morgan fingerprint density at radius 1 is 0.861 bits per heavy atom. The molecule has 3 aromatic carbocycles. The van der Waals surface area contributed by atoms with E-state index in [-0.39, 0.29) is 23.2 Å². The van der Waals surface area contributed by atoms with Gasteiger partial charge >= 0.3 is 18.0 Å². The van der Waals surface area contributed by atoms with Gasteiger partial charge in [0, 0.05) is 0 Å². The van der Waals surface area contributed by atoms with Gasteiger partial charge in [-0.05, 0) is 49.2 Å². The molecule has 0 aromatic heterocycles. The molecule has 0 saturated carbocycles. The largest absolute Gasteiger partial charge is 0.493 e. The first-order chi connectivity index (χ1) is 17.4. The van der Waals surface area contributed by atoms with Crippen molar-refractivity contribution in [1.29, 1.82) is 0 Å². The van der Waals surface area contributed by atoms with E-state index in [2.05, 4.69) is 10.6 Å². The standard InChI is InChI=1S/C28H26N2O6/c1-17(2)35-27(32)23-24(18-10-6-4-7-11-18)29-28(33)30-25(23)20-14-15-21(22(16-20)34-3)36-26(31)19-12-8-5-9-13-19/h4-17,25H,1-3H3,(H2,29,30,33). The summed E-state index contributed by atoms with van der Waals surface area (Å²) in [5.74, 6) is -0.638. The van der Waals surface area contributed by atoms with E-state index in [1.165, 1.54) is 7.11 Å². The maximum absolute atomic E-state index is 13.2. The van der Waals surface area contributed by atoms with Gasteiger partial charge in [0.1, 0.15) is 0 Å². The first-order valence-electron chi connectivity index (χ1n) is 11.4. The molecule has 1 aliphatic heterocycles. The molecule has 1 atom stereocenters. The molecule has 184 valence electrons. The van der Waals surface area contributed by atoms with E-state index in [0.29, 0.717) is 22.4 Å². The van der Waals surface area contributed by atoms with Gasteiger partial charge in [0.15, 0.2) is 11.5 Å². The highest BCUT2D eigenvalue weighted by molar-refractivity contribution is 6.04. The van der Waals surface area contributed by atoms with Crippen molar-refractivity contribution in [3.63, 3.8) is 0 Å². The summed E-state index contributed by atoms with van der Waals surface area (Å²) in [6.07, 6.45) is -0.366. The van der Waals surface area contributed by atoms with Gasteiger partial charge in [-0.25, -0.2) is 14.4 Å². The zero-order valence-electron chi connectivity index (χ0n) is 20.1. The van der Waals surface area contributed by atoms with E-state index in [9.17, 15) is 14.4 Å². The van der Waals surface area contributed by atoms with Crippen molar-refractivity contribution in [3.8, 4) is 11.5 Å². The normalized spacial score (nSPS) is 15.1. The first kappa shape index (κ1) is 24.5. The number of urea groups is 1. The molecule has 0 radical (unpaired) electrons. The Balaban J connectivity index is 1.75. The lowest BCUT2D eigenvalue weighted by molar-refractivity contribution is -0.143. The van der Waals surface area contributed by atoms with Crippen LogP contribution in [0.5, 0.6) is 11.5 Å². The number of esters is 2. The number of hydrogen-bond acceptors (Lipinski definition) is 6. The minimum absolute atomic E-state index is 0.203. The topological polar surface area (TPSA) is 103 Å². The molecule has 0 fully saturated rings. The van der Waals surface area contributed by atoms with Gasteiger partial charge < -0.3 is 24.8 Å². The fourth-order valence-corrected chi connectivity index (χ4v) is 3.83. The van der Waals surface area contributed by atoms with Gasteiger partial charge in [0.2, 0.25) is 0 Å². The van der Waals surface area contributed by atoms with Gasteiger partial charge in [-0.1, -0.05) is 54.6 Å². The van der Waals surface area contributed by atoms with Crippen molar-refractivity contribution in [1.82, 2.24) is 10.6 Å². The molecule has 0 spiro atoms. The summed E-state index contributed by atoms with van der Waals surface area (Å²) < 4.78 is 16.5. The average Bonchev–Trinajstić information content (AvgIpc) is 2.89. The second kappa shape index (κ2) is 10.8. The van der Waals surface area contributed by atoms with Crippen molar-refractivity contribution >= 4 is 23.7 Å². The van der Waals surface area contributed by atoms with E-state index in [1.54, 1.807) is 74.5 Å². The second-order valence-corrected chi connectivity index (χ2v) is 8.31. The molecule has 2 amide bonds. The van der Waals surface area contributed by atoms with E-state index in [4.69, 9.17) is 14.2 Å². The Morgan fingerprint density at radius 3 is 2.17 bits per heavy atom. The number of carbonyl (C=O) groups is 3. The summed E-state index contributed by atoms with van der Waals surface area (Å²) in [6, 6.07) is 21.2. The monoisotopic (exact) mass is 486 g/mol. The summed E-state index contributed by atoms with van der Waals surface area (Å²) in [5, 5.41) is 5.55. The molecule has 0 saturated heterocycles. The molecule has 2 N–H and O–H groups in total. The third kappa shape index (κ3) is 5.38. The third-order valence-corrected chi connectivity index (χ3v) is 5.43. The van der Waals surface area contributed by atoms with Crippen LogP contribution in [0.1, 0.15) is 41.4 Å². The third-order valence-electron chi connectivity index (χ3n) is 5.43. The fraction of sp³-hybridized carbons (Fsp3) is 0.179. The van der Waals surface area contributed by atoms with Crippen molar-refractivity contribution in [2.75, 3.05) is 7.11 Å². The van der Waals surface area contributed by atoms with Crippen LogP contribution in [0.25, 0.3) is 5.70 Å². The number of ether oxygens (including phenoxy) is 3. The number of rotatable bonds is 7. The maximum atomic E-state index is 13.2. The van der Waals surface area contributed by atoms with Crippen LogP contribution in [-0.2, 0) is 9.53 Å².